The van der Waals surface area contributed by atoms with Crippen LogP contribution in [-0.4, -0.2) is 24.2 Å². The number of ether oxygens (including phenoxy) is 2. The highest BCUT2D eigenvalue weighted by atomic mass is 32.1. The Morgan fingerprint density at radius 3 is 2.52 bits per heavy atom. The minimum absolute atomic E-state index is 0.0219. The first-order valence-electron chi connectivity index (χ1n) is 9.38. The lowest BCUT2D eigenvalue weighted by Gasteiger charge is -2.30. The minimum Gasteiger partial charge on any atom is -0.493 e. The number of hydrogen-bond acceptors (Lipinski definition) is 4. The molecule has 1 heterocycles. The number of carbonyl (C=O) groups is 1. The van der Waals surface area contributed by atoms with Gasteiger partial charge in [0.25, 0.3) is 5.91 Å². The van der Waals surface area contributed by atoms with Crippen LogP contribution >= 0.6 is 12.2 Å². The molecule has 0 radical (unpaired) electrons. The lowest BCUT2D eigenvalue weighted by molar-refractivity contribution is -0.113. The van der Waals surface area contributed by atoms with Crippen LogP contribution in [0.25, 0.3) is 0 Å². The van der Waals surface area contributed by atoms with Crippen molar-refractivity contribution in [2.24, 2.45) is 0 Å². The van der Waals surface area contributed by atoms with Crippen LogP contribution in [0.15, 0.2) is 59.8 Å². The molecule has 1 aliphatic heterocycles. The molecular weight excluding hydrogens is 386 g/mol. The Balaban J connectivity index is 1.96. The van der Waals surface area contributed by atoms with Gasteiger partial charge in [-0.15, -0.1) is 0 Å². The molecule has 3 rings (SSSR count). The maximum Gasteiger partial charge on any atom is 0.255 e. The minimum atomic E-state index is -0.422. The van der Waals surface area contributed by atoms with E-state index in [4.69, 9.17) is 21.7 Å². The Hall–Kier alpha value is -3.06. The third-order valence-corrected chi connectivity index (χ3v) is 4.65. The summed E-state index contributed by atoms with van der Waals surface area (Å²) in [4.78, 5) is 13.1. The van der Waals surface area contributed by atoms with Crippen molar-refractivity contribution in [1.82, 2.24) is 10.6 Å². The Bertz CT molecular complexity index is 942. The first kappa shape index (κ1) is 20.7. The molecule has 2 aromatic rings. The van der Waals surface area contributed by atoms with E-state index in [-0.39, 0.29) is 12.0 Å². The van der Waals surface area contributed by atoms with Crippen LogP contribution in [0.2, 0.25) is 0 Å². The van der Waals surface area contributed by atoms with Gasteiger partial charge in [0.2, 0.25) is 0 Å². The van der Waals surface area contributed by atoms with Crippen LogP contribution in [0.5, 0.6) is 11.5 Å². The van der Waals surface area contributed by atoms with Crippen molar-refractivity contribution in [3.63, 3.8) is 0 Å². The van der Waals surface area contributed by atoms with E-state index >= 15 is 0 Å². The number of amides is 1. The molecule has 6 nitrogen and oxygen atoms in total. The second-order valence-corrected chi connectivity index (χ2v) is 7.38. The molecule has 0 aromatic heterocycles. The molecular formula is C22H25N3O3S. The Labute approximate surface area is 176 Å². The standard InChI is InChI=1S/C22H25N3O3S/c1-13(2)28-17-11-10-15(12-18(17)27-4)20-19(14(3)23-22(29)25-20)21(26)24-16-8-6-5-7-9-16/h5-13,20H,1-4H3,(H,24,26)(H2,23,25,29)/t20-/m1/s1. The number of anilines is 1. The van der Waals surface area contributed by atoms with E-state index in [0.29, 0.717) is 27.9 Å². The van der Waals surface area contributed by atoms with E-state index in [1.54, 1.807) is 7.11 Å². The van der Waals surface area contributed by atoms with Gasteiger partial charge in [-0.2, -0.15) is 0 Å². The van der Waals surface area contributed by atoms with Crippen molar-refractivity contribution in [2.45, 2.75) is 32.9 Å². The number of carbonyl (C=O) groups excluding carboxylic acids is 1. The van der Waals surface area contributed by atoms with Crippen LogP contribution in [0.1, 0.15) is 32.4 Å². The molecule has 2 aromatic carbocycles. The summed E-state index contributed by atoms with van der Waals surface area (Å²) in [7, 11) is 1.59. The number of rotatable bonds is 6. The molecule has 0 fully saturated rings. The second kappa shape index (κ2) is 8.96. The molecule has 1 atom stereocenters. The molecule has 0 saturated heterocycles. The number of allylic oxidation sites excluding steroid dienone is 1. The van der Waals surface area contributed by atoms with Crippen molar-refractivity contribution in [3.05, 3.63) is 65.4 Å². The highest BCUT2D eigenvalue weighted by molar-refractivity contribution is 7.80. The van der Waals surface area contributed by atoms with Gasteiger partial charge in [-0.05, 0) is 62.8 Å². The van der Waals surface area contributed by atoms with Crippen LogP contribution in [0.3, 0.4) is 0 Å². The Morgan fingerprint density at radius 2 is 1.86 bits per heavy atom. The third kappa shape index (κ3) is 4.86. The fraction of sp³-hybridized carbons (Fsp3) is 0.273. The largest absolute Gasteiger partial charge is 0.493 e. The lowest BCUT2D eigenvalue weighted by Crippen LogP contribution is -2.45. The lowest BCUT2D eigenvalue weighted by atomic mass is 9.94. The van der Waals surface area contributed by atoms with Gasteiger partial charge < -0.3 is 25.4 Å². The van der Waals surface area contributed by atoms with Crippen LogP contribution in [0.4, 0.5) is 5.69 Å². The highest BCUT2D eigenvalue weighted by Gasteiger charge is 2.30. The molecule has 152 valence electrons. The predicted molar refractivity (Wildman–Crippen MR) is 118 cm³/mol. The van der Waals surface area contributed by atoms with E-state index in [1.807, 2.05) is 69.3 Å². The Morgan fingerprint density at radius 1 is 1.14 bits per heavy atom. The van der Waals surface area contributed by atoms with Gasteiger partial charge in [0.05, 0.1) is 24.8 Å². The SMILES string of the molecule is COc1cc([C@H]2NC(=S)NC(C)=C2C(=O)Nc2ccccc2)ccc1OC(C)C. The first-order chi connectivity index (χ1) is 13.9. The number of methoxy groups -OCH3 is 1. The molecule has 3 N–H and O–H groups in total. The normalized spacial score (nSPS) is 16.2. The molecule has 1 amide bonds. The van der Waals surface area contributed by atoms with Gasteiger partial charge >= 0.3 is 0 Å². The van der Waals surface area contributed by atoms with Gasteiger partial charge in [0.1, 0.15) is 0 Å². The zero-order valence-electron chi connectivity index (χ0n) is 16.9. The number of nitrogens with one attached hydrogen (secondary N) is 3. The predicted octanol–water partition coefficient (Wildman–Crippen LogP) is 3.91. The summed E-state index contributed by atoms with van der Waals surface area (Å²) in [6.07, 6.45) is 0.0219. The fourth-order valence-electron chi connectivity index (χ4n) is 3.18. The summed E-state index contributed by atoms with van der Waals surface area (Å²) in [5, 5.41) is 9.65. The molecule has 7 heteroatoms. The summed E-state index contributed by atoms with van der Waals surface area (Å²) in [6, 6.07) is 14.5. The number of hydrogen-bond donors (Lipinski definition) is 3. The number of para-hydroxylation sites is 1. The number of thiocarbonyl (C=S) groups is 1. The van der Waals surface area contributed by atoms with E-state index < -0.39 is 6.04 Å². The van der Waals surface area contributed by atoms with Gasteiger partial charge in [-0.1, -0.05) is 24.3 Å². The fourth-order valence-corrected chi connectivity index (χ4v) is 3.45. The van der Waals surface area contributed by atoms with E-state index in [0.717, 1.165) is 11.3 Å². The average molecular weight is 412 g/mol. The maximum atomic E-state index is 13.1. The van der Waals surface area contributed by atoms with Crippen LogP contribution in [-0.2, 0) is 4.79 Å². The smallest absolute Gasteiger partial charge is 0.255 e. The second-order valence-electron chi connectivity index (χ2n) is 6.97. The third-order valence-electron chi connectivity index (χ3n) is 4.43. The number of benzene rings is 2. The average Bonchev–Trinajstić information content (AvgIpc) is 2.68. The zero-order valence-corrected chi connectivity index (χ0v) is 17.7. The molecule has 0 unspecified atom stereocenters. The van der Waals surface area contributed by atoms with Gasteiger partial charge in [-0.3, -0.25) is 4.79 Å². The van der Waals surface area contributed by atoms with E-state index in [2.05, 4.69) is 16.0 Å². The van der Waals surface area contributed by atoms with E-state index in [9.17, 15) is 4.79 Å². The van der Waals surface area contributed by atoms with Gasteiger partial charge in [-0.25, -0.2) is 0 Å². The van der Waals surface area contributed by atoms with Crippen LogP contribution in [0, 0.1) is 0 Å². The molecule has 0 saturated carbocycles. The summed E-state index contributed by atoms with van der Waals surface area (Å²) in [5.74, 6) is 1.05. The van der Waals surface area contributed by atoms with Crippen molar-refractivity contribution < 1.29 is 14.3 Å². The molecule has 29 heavy (non-hydrogen) atoms. The van der Waals surface area contributed by atoms with Crippen molar-refractivity contribution in [2.75, 3.05) is 12.4 Å². The summed E-state index contributed by atoms with van der Waals surface area (Å²) < 4.78 is 11.3. The molecule has 1 aliphatic rings. The van der Waals surface area contributed by atoms with Crippen LogP contribution < -0.4 is 25.4 Å². The quantitative estimate of drug-likeness (QED) is 0.626. The highest BCUT2D eigenvalue weighted by Crippen LogP contribution is 2.35. The van der Waals surface area contributed by atoms with Crippen molar-refractivity contribution >= 4 is 28.9 Å². The van der Waals surface area contributed by atoms with E-state index in [1.165, 1.54) is 0 Å². The Kier molecular flexibility index (Phi) is 6.39. The summed E-state index contributed by atoms with van der Waals surface area (Å²) in [6.45, 7) is 5.75. The van der Waals surface area contributed by atoms with Crippen molar-refractivity contribution in [1.29, 1.82) is 0 Å². The summed E-state index contributed by atoms with van der Waals surface area (Å²) in [5.41, 5.74) is 2.83. The molecule has 0 spiro atoms. The van der Waals surface area contributed by atoms with Crippen molar-refractivity contribution in [3.8, 4) is 11.5 Å². The summed E-state index contributed by atoms with van der Waals surface area (Å²) >= 11 is 5.33. The van der Waals surface area contributed by atoms with Gasteiger partial charge in [0, 0.05) is 11.4 Å². The first-order valence-corrected chi connectivity index (χ1v) is 9.79. The molecule has 0 aliphatic carbocycles. The topological polar surface area (TPSA) is 71.6 Å². The molecule has 0 bridgehead atoms. The van der Waals surface area contributed by atoms with Gasteiger partial charge in [0.15, 0.2) is 16.6 Å². The zero-order chi connectivity index (χ0) is 21.0. The maximum absolute atomic E-state index is 13.1. The monoisotopic (exact) mass is 411 g/mol.